The molecule has 1 atom stereocenters. The first-order chi connectivity index (χ1) is 8.29. The summed E-state index contributed by atoms with van der Waals surface area (Å²) in [5.41, 5.74) is 0.0914. The first kappa shape index (κ1) is 15.8. The molecule has 1 N–H and O–H groups in total. The SMILES string of the molecule is CNC(CCC(F)(F)F)C1(CC(C)C)CCCC1. The minimum absolute atomic E-state index is 0.00373. The van der Waals surface area contributed by atoms with Crippen LogP contribution in [0.3, 0.4) is 0 Å². The minimum Gasteiger partial charge on any atom is -0.316 e. The summed E-state index contributed by atoms with van der Waals surface area (Å²) in [6.45, 7) is 4.33. The van der Waals surface area contributed by atoms with Gasteiger partial charge in [-0.15, -0.1) is 0 Å². The van der Waals surface area contributed by atoms with Gasteiger partial charge in [0.1, 0.15) is 0 Å². The lowest BCUT2D eigenvalue weighted by Crippen LogP contribution is -2.43. The monoisotopic (exact) mass is 265 g/mol. The summed E-state index contributed by atoms with van der Waals surface area (Å²) in [6.07, 6.45) is 1.03. The van der Waals surface area contributed by atoms with Gasteiger partial charge in [0.05, 0.1) is 0 Å². The highest BCUT2D eigenvalue weighted by atomic mass is 19.4. The van der Waals surface area contributed by atoms with Gasteiger partial charge in [0.2, 0.25) is 0 Å². The molecule has 108 valence electrons. The molecule has 1 unspecified atom stereocenters. The number of nitrogens with one attached hydrogen (secondary N) is 1. The van der Waals surface area contributed by atoms with Crippen LogP contribution in [-0.2, 0) is 0 Å². The van der Waals surface area contributed by atoms with E-state index in [4.69, 9.17) is 0 Å². The van der Waals surface area contributed by atoms with Gasteiger partial charge < -0.3 is 5.32 Å². The van der Waals surface area contributed by atoms with E-state index in [0.717, 1.165) is 32.1 Å². The molecule has 1 fully saturated rings. The van der Waals surface area contributed by atoms with Crippen LogP contribution in [0.5, 0.6) is 0 Å². The van der Waals surface area contributed by atoms with Gasteiger partial charge in [-0.3, -0.25) is 0 Å². The quantitative estimate of drug-likeness (QED) is 0.744. The second kappa shape index (κ2) is 6.27. The van der Waals surface area contributed by atoms with E-state index in [9.17, 15) is 13.2 Å². The zero-order valence-electron chi connectivity index (χ0n) is 11.7. The lowest BCUT2D eigenvalue weighted by molar-refractivity contribution is -0.138. The molecule has 1 nitrogen and oxygen atoms in total. The van der Waals surface area contributed by atoms with Crippen LogP contribution >= 0.6 is 0 Å². The smallest absolute Gasteiger partial charge is 0.316 e. The topological polar surface area (TPSA) is 12.0 Å². The van der Waals surface area contributed by atoms with Gasteiger partial charge >= 0.3 is 6.18 Å². The number of hydrogen-bond donors (Lipinski definition) is 1. The van der Waals surface area contributed by atoms with E-state index in [1.807, 2.05) is 0 Å². The van der Waals surface area contributed by atoms with E-state index >= 15 is 0 Å². The van der Waals surface area contributed by atoms with E-state index in [0.29, 0.717) is 5.92 Å². The Morgan fingerprint density at radius 2 is 1.72 bits per heavy atom. The number of halogens is 3. The van der Waals surface area contributed by atoms with Crippen molar-refractivity contribution >= 4 is 0 Å². The highest BCUT2D eigenvalue weighted by Crippen LogP contribution is 2.47. The Morgan fingerprint density at radius 3 is 2.11 bits per heavy atom. The lowest BCUT2D eigenvalue weighted by Gasteiger charge is -2.39. The normalized spacial score (nSPS) is 21.5. The average molecular weight is 265 g/mol. The molecule has 0 spiro atoms. The summed E-state index contributed by atoms with van der Waals surface area (Å²) < 4.78 is 37.2. The molecule has 1 rings (SSSR count). The Bertz CT molecular complexity index is 242. The van der Waals surface area contributed by atoms with Crippen molar-refractivity contribution in [2.45, 2.75) is 71.0 Å². The Kier molecular flexibility index (Phi) is 5.50. The van der Waals surface area contributed by atoms with Crippen LogP contribution in [0.2, 0.25) is 0 Å². The maximum atomic E-state index is 12.4. The Hall–Kier alpha value is -0.250. The van der Waals surface area contributed by atoms with Crippen molar-refractivity contribution < 1.29 is 13.2 Å². The molecule has 0 bridgehead atoms. The fourth-order valence-electron chi connectivity index (χ4n) is 3.65. The van der Waals surface area contributed by atoms with Crippen LogP contribution in [0.25, 0.3) is 0 Å². The van der Waals surface area contributed by atoms with E-state index in [-0.39, 0.29) is 17.9 Å². The van der Waals surface area contributed by atoms with Crippen molar-refractivity contribution in [2.24, 2.45) is 11.3 Å². The molecule has 0 saturated heterocycles. The molecule has 0 aliphatic heterocycles. The van der Waals surface area contributed by atoms with Crippen LogP contribution in [-0.4, -0.2) is 19.3 Å². The average Bonchev–Trinajstić information content (AvgIpc) is 2.65. The highest BCUT2D eigenvalue weighted by molar-refractivity contribution is 4.95. The van der Waals surface area contributed by atoms with Gasteiger partial charge in [-0.1, -0.05) is 26.7 Å². The first-order valence-electron chi connectivity index (χ1n) is 7.03. The molecule has 4 heteroatoms. The summed E-state index contributed by atoms with van der Waals surface area (Å²) in [4.78, 5) is 0. The standard InChI is InChI=1S/C14H26F3N/c1-11(2)10-13(7-4-5-8-13)12(18-3)6-9-14(15,16)17/h11-12,18H,4-10H2,1-3H3. The fourth-order valence-corrected chi connectivity index (χ4v) is 3.65. The molecule has 1 aliphatic rings. The fraction of sp³-hybridized carbons (Fsp3) is 1.00. The molecule has 1 aliphatic carbocycles. The van der Waals surface area contributed by atoms with Crippen LogP contribution < -0.4 is 5.32 Å². The van der Waals surface area contributed by atoms with Crippen molar-refractivity contribution in [3.63, 3.8) is 0 Å². The van der Waals surface area contributed by atoms with Gasteiger partial charge in [-0.25, -0.2) is 0 Å². The Balaban J connectivity index is 2.69. The molecule has 0 amide bonds. The summed E-state index contributed by atoms with van der Waals surface area (Å²) >= 11 is 0. The van der Waals surface area contributed by atoms with Gasteiger partial charge in [0, 0.05) is 12.5 Å². The first-order valence-corrected chi connectivity index (χ1v) is 7.03. The summed E-state index contributed by atoms with van der Waals surface area (Å²) in [7, 11) is 1.81. The molecular weight excluding hydrogens is 239 g/mol. The van der Waals surface area contributed by atoms with Crippen molar-refractivity contribution in [1.29, 1.82) is 0 Å². The molecule has 0 aromatic heterocycles. The largest absolute Gasteiger partial charge is 0.389 e. The molecule has 0 aromatic rings. The van der Waals surface area contributed by atoms with E-state index < -0.39 is 12.6 Å². The van der Waals surface area contributed by atoms with Crippen molar-refractivity contribution in [1.82, 2.24) is 5.32 Å². The summed E-state index contributed by atoms with van der Waals surface area (Å²) in [6, 6.07) is 0.00373. The van der Waals surface area contributed by atoms with Crippen LogP contribution in [0.1, 0.15) is 58.8 Å². The van der Waals surface area contributed by atoms with Gasteiger partial charge in [-0.2, -0.15) is 13.2 Å². The number of hydrogen-bond acceptors (Lipinski definition) is 1. The minimum atomic E-state index is -4.03. The van der Waals surface area contributed by atoms with Crippen molar-refractivity contribution in [3.8, 4) is 0 Å². The number of rotatable bonds is 6. The Morgan fingerprint density at radius 1 is 1.17 bits per heavy atom. The van der Waals surface area contributed by atoms with Gasteiger partial charge in [-0.05, 0) is 44.1 Å². The van der Waals surface area contributed by atoms with Gasteiger partial charge in [0.25, 0.3) is 0 Å². The van der Waals surface area contributed by atoms with E-state index in [2.05, 4.69) is 19.2 Å². The second-order valence-corrected chi connectivity index (χ2v) is 6.16. The van der Waals surface area contributed by atoms with Crippen LogP contribution in [0, 0.1) is 11.3 Å². The summed E-state index contributed by atoms with van der Waals surface area (Å²) in [5, 5.41) is 3.16. The molecule has 1 saturated carbocycles. The van der Waals surface area contributed by atoms with Crippen LogP contribution in [0.15, 0.2) is 0 Å². The summed E-state index contributed by atoms with van der Waals surface area (Å²) in [5.74, 6) is 0.546. The maximum Gasteiger partial charge on any atom is 0.389 e. The van der Waals surface area contributed by atoms with Crippen LogP contribution in [0.4, 0.5) is 13.2 Å². The zero-order chi connectivity index (χ0) is 13.8. The predicted octanol–water partition coefficient (Wildman–Crippen LogP) is 4.52. The third-order valence-corrected chi connectivity index (χ3v) is 4.22. The third kappa shape index (κ3) is 4.45. The Labute approximate surface area is 109 Å². The maximum absolute atomic E-state index is 12.4. The van der Waals surface area contributed by atoms with Gasteiger partial charge in [0.15, 0.2) is 0 Å². The molecule has 0 heterocycles. The van der Waals surface area contributed by atoms with E-state index in [1.54, 1.807) is 7.05 Å². The van der Waals surface area contributed by atoms with Crippen molar-refractivity contribution in [3.05, 3.63) is 0 Å². The zero-order valence-corrected chi connectivity index (χ0v) is 11.7. The molecular formula is C14H26F3N. The van der Waals surface area contributed by atoms with E-state index in [1.165, 1.54) is 0 Å². The predicted molar refractivity (Wildman–Crippen MR) is 68.5 cm³/mol. The van der Waals surface area contributed by atoms with Crippen molar-refractivity contribution in [2.75, 3.05) is 7.05 Å². The third-order valence-electron chi connectivity index (χ3n) is 4.22. The second-order valence-electron chi connectivity index (χ2n) is 6.16. The number of alkyl halides is 3. The molecule has 18 heavy (non-hydrogen) atoms. The lowest BCUT2D eigenvalue weighted by atomic mass is 9.71. The highest BCUT2D eigenvalue weighted by Gasteiger charge is 2.42. The molecule has 0 aromatic carbocycles. The molecule has 0 radical (unpaired) electrons.